The summed E-state index contributed by atoms with van der Waals surface area (Å²) < 4.78 is 54.8. The number of hydrogen-bond acceptors (Lipinski definition) is 5. The summed E-state index contributed by atoms with van der Waals surface area (Å²) in [6.45, 7) is 0. The number of fused-ring (bicyclic) bond motifs is 2. The van der Waals surface area contributed by atoms with E-state index >= 15 is 0 Å². The molecule has 4 heterocycles. The molecule has 2 aromatic carbocycles. The quantitative estimate of drug-likeness (QED) is 0.0976. The van der Waals surface area contributed by atoms with E-state index in [9.17, 15) is 37.3 Å². The van der Waals surface area contributed by atoms with Gasteiger partial charge in [-0.15, -0.1) is 0 Å². The van der Waals surface area contributed by atoms with Crippen LogP contribution in [0.15, 0.2) is 60.9 Å². The average Bonchev–Trinajstić information content (AvgIpc) is 3.72. The van der Waals surface area contributed by atoms with Crippen molar-refractivity contribution < 1.29 is 32.1 Å². The smallest absolute Gasteiger partial charge is 0.347 e. The van der Waals surface area contributed by atoms with Gasteiger partial charge in [0.25, 0.3) is 11.8 Å². The lowest BCUT2D eigenvalue weighted by Gasteiger charge is -2.07. The molecule has 0 spiro atoms. The Hall–Kier alpha value is -6.06. The van der Waals surface area contributed by atoms with Crippen molar-refractivity contribution in [3.63, 3.8) is 0 Å². The van der Waals surface area contributed by atoms with Gasteiger partial charge in [-0.2, -0.15) is 0 Å². The second-order valence-electron chi connectivity index (χ2n) is 9.48. The Morgan fingerprint density at radius 1 is 0.750 bits per heavy atom. The predicted octanol–water partition coefficient (Wildman–Crippen LogP) is 5.56. The zero-order valence-electron chi connectivity index (χ0n) is 22.8. The highest BCUT2D eigenvalue weighted by Gasteiger charge is 2.29. The third-order valence-corrected chi connectivity index (χ3v) is 6.79. The van der Waals surface area contributed by atoms with Crippen LogP contribution in [0.5, 0.6) is 0 Å². The lowest BCUT2D eigenvalue weighted by molar-refractivity contribution is -0.390. The second kappa shape index (κ2) is 11.3. The summed E-state index contributed by atoms with van der Waals surface area (Å²) >= 11 is 0. The maximum Gasteiger partial charge on any atom is 0.347 e. The first kappa shape index (κ1) is 29.4. The Morgan fingerprint density at radius 2 is 1.20 bits per heavy atom. The first-order valence-corrected chi connectivity index (χ1v) is 12.6. The number of carbonyl (C=O) groups excluding carboxylic acids is 2. The first-order chi connectivity index (χ1) is 20.9. The van der Waals surface area contributed by atoms with Gasteiger partial charge in [-0.25, -0.2) is 22.1 Å². The number of nitrogens with zero attached hydrogens (tertiary/aromatic N) is 3. The molecule has 0 unspecified atom stereocenters. The fourth-order valence-electron chi connectivity index (χ4n) is 4.74. The van der Waals surface area contributed by atoms with Crippen molar-refractivity contribution in [1.82, 2.24) is 19.1 Å². The molecule has 4 aromatic heterocycles. The Balaban J connectivity index is 0.000000175. The van der Waals surface area contributed by atoms with Crippen LogP contribution in [0.1, 0.15) is 21.0 Å². The number of aromatic nitrogens is 4. The number of nitrogens with two attached hydrogens (primary N) is 1. The van der Waals surface area contributed by atoms with Crippen molar-refractivity contribution in [2.45, 2.75) is 0 Å². The molecule has 0 aliphatic carbocycles. The molecule has 6 rings (SSSR count). The van der Waals surface area contributed by atoms with Crippen molar-refractivity contribution in [2.24, 2.45) is 14.1 Å². The van der Waals surface area contributed by atoms with Gasteiger partial charge in [0.05, 0.1) is 18.0 Å². The minimum atomic E-state index is -1.10. The molecule has 226 valence electrons. The van der Waals surface area contributed by atoms with Gasteiger partial charge in [-0.3, -0.25) is 9.59 Å². The van der Waals surface area contributed by atoms with Crippen LogP contribution < -0.4 is 16.4 Å². The third-order valence-electron chi connectivity index (χ3n) is 6.79. The summed E-state index contributed by atoms with van der Waals surface area (Å²) in [7, 11) is 3.04. The lowest BCUT2D eigenvalue weighted by atomic mass is 10.2. The van der Waals surface area contributed by atoms with Crippen molar-refractivity contribution in [1.29, 1.82) is 0 Å². The highest BCUT2D eigenvalue weighted by atomic mass is 19.2. The Morgan fingerprint density at radius 3 is 1.68 bits per heavy atom. The van der Waals surface area contributed by atoms with Crippen LogP contribution in [-0.4, -0.2) is 35.8 Å². The molecular weight excluding hydrogens is 588 g/mol. The van der Waals surface area contributed by atoms with E-state index in [0.29, 0.717) is 27.8 Å². The van der Waals surface area contributed by atoms with Crippen LogP contribution in [0.25, 0.3) is 21.8 Å². The average molecular weight is 611 g/mol. The Kier molecular flexibility index (Phi) is 7.57. The number of H-pyrrole nitrogens is 2. The van der Waals surface area contributed by atoms with Crippen molar-refractivity contribution >= 4 is 56.6 Å². The number of nitro groups is 1. The van der Waals surface area contributed by atoms with Crippen LogP contribution in [0.4, 0.5) is 40.6 Å². The minimum absolute atomic E-state index is 0.0395. The van der Waals surface area contributed by atoms with Gasteiger partial charge in [0.15, 0.2) is 23.3 Å². The number of carbonyl (C=O) groups is 2. The number of hydrogen-bond donors (Lipinski definition) is 5. The normalized spacial score (nSPS) is 11.0. The summed E-state index contributed by atoms with van der Waals surface area (Å²) in [6, 6.07) is 9.33. The molecule has 0 saturated carbocycles. The summed E-state index contributed by atoms with van der Waals surface area (Å²) in [5.41, 5.74) is 7.37. The number of nitrogen functional groups attached to an aromatic ring is 1. The van der Waals surface area contributed by atoms with E-state index in [4.69, 9.17) is 5.73 Å². The van der Waals surface area contributed by atoms with Gasteiger partial charge >= 0.3 is 5.82 Å². The van der Waals surface area contributed by atoms with E-state index in [2.05, 4.69) is 20.6 Å². The van der Waals surface area contributed by atoms with E-state index in [1.165, 1.54) is 36.0 Å². The van der Waals surface area contributed by atoms with Gasteiger partial charge in [-0.1, -0.05) is 0 Å². The topological polar surface area (TPSA) is 169 Å². The van der Waals surface area contributed by atoms with E-state index < -0.39 is 40.0 Å². The molecule has 0 aliphatic rings. The molecule has 0 bridgehead atoms. The molecule has 12 nitrogen and oxygen atoms in total. The SMILES string of the molecule is Cn1c(C(=O)Nc2ccc(F)c(F)c2)c2cc[nH]c2c1N.Cn1c(C(=O)Nc2ccc(F)c(F)c2)c2cc[nH]c2c1[N+](=O)[O-]. The van der Waals surface area contributed by atoms with Gasteiger partial charge < -0.3 is 41.0 Å². The van der Waals surface area contributed by atoms with E-state index in [0.717, 1.165) is 28.8 Å². The number of rotatable bonds is 5. The molecule has 0 fully saturated rings. The van der Waals surface area contributed by atoms with Gasteiger partial charge in [-0.05, 0) is 41.3 Å². The predicted molar refractivity (Wildman–Crippen MR) is 154 cm³/mol. The van der Waals surface area contributed by atoms with Gasteiger partial charge in [0, 0.05) is 48.3 Å². The zero-order chi connectivity index (χ0) is 31.9. The van der Waals surface area contributed by atoms with Crippen molar-refractivity contribution in [3.05, 3.63) is 106 Å². The first-order valence-electron chi connectivity index (χ1n) is 12.6. The minimum Gasteiger partial charge on any atom is -0.383 e. The Bertz CT molecular complexity index is 2090. The summed E-state index contributed by atoms with van der Waals surface area (Å²) in [4.78, 5) is 40.9. The largest absolute Gasteiger partial charge is 0.383 e. The molecule has 0 aliphatic heterocycles. The molecule has 2 amide bonds. The fraction of sp³-hybridized carbons (Fsp3) is 0.0714. The number of aromatic amines is 2. The highest BCUT2D eigenvalue weighted by Crippen LogP contribution is 2.31. The van der Waals surface area contributed by atoms with Crippen LogP contribution in [0, 0.1) is 33.4 Å². The molecule has 44 heavy (non-hydrogen) atoms. The Labute approximate surface area is 244 Å². The molecule has 0 saturated heterocycles. The van der Waals surface area contributed by atoms with Crippen LogP contribution in [0.3, 0.4) is 0 Å². The lowest BCUT2D eigenvalue weighted by Crippen LogP contribution is -2.16. The van der Waals surface area contributed by atoms with Gasteiger partial charge in [0.2, 0.25) is 5.69 Å². The third kappa shape index (κ3) is 5.19. The fourth-order valence-corrected chi connectivity index (χ4v) is 4.74. The summed E-state index contributed by atoms with van der Waals surface area (Å²) in [6.07, 6.45) is 3.15. The van der Waals surface area contributed by atoms with Gasteiger partial charge in [0.1, 0.15) is 17.0 Å². The number of benzene rings is 2. The molecule has 16 heteroatoms. The zero-order valence-corrected chi connectivity index (χ0v) is 22.8. The summed E-state index contributed by atoms with van der Waals surface area (Å²) in [5, 5.41) is 17.1. The van der Waals surface area contributed by atoms with Crippen molar-refractivity contribution in [2.75, 3.05) is 16.4 Å². The van der Waals surface area contributed by atoms with Crippen LogP contribution in [-0.2, 0) is 14.1 Å². The second-order valence-corrected chi connectivity index (χ2v) is 9.48. The number of anilines is 3. The van der Waals surface area contributed by atoms with E-state index in [-0.39, 0.29) is 28.4 Å². The monoisotopic (exact) mass is 610 g/mol. The number of amides is 2. The number of nitrogens with one attached hydrogen (secondary N) is 4. The van der Waals surface area contributed by atoms with Crippen molar-refractivity contribution in [3.8, 4) is 0 Å². The molecule has 6 N–H and O–H groups in total. The van der Waals surface area contributed by atoms with E-state index in [1.54, 1.807) is 19.3 Å². The van der Waals surface area contributed by atoms with Crippen LogP contribution >= 0.6 is 0 Å². The molecular formula is C28H22F4N8O4. The molecule has 0 atom stereocenters. The van der Waals surface area contributed by atoms with E-state index in [1.807, 2.05) is 0 Å². The summed E-state index contributed by atoms with van der Waals surface area (Å²) in [5.74, 6) is -5.10. The standard InChI is InChI=1S/C14H10F2N4O3.C14H12F2N4O/c1-19-12(8-4-5-17-11(8)14(19)20(22)23)13(21)18-7-2-3-9(15)10(16)6-7;1-20-12(8-4-5-18-11(8)13(20)17)14(21)19-7-2-3-9(15)10(16)6-7/h2-6,17H,1H3,(H,18,21);2-6,18H,17H2,1H3,(H,19,21). The maximum atomic E-state index is 13.2. The number of halogens is 4. The maximum absolute atomic E-state index is 13.2. The molecule has 6 aromatic rings. The molecule has 0 radical (unpaired) electrons. The van der Waals surface area contributed by atoms with Crippen LogP contribution in [0.2, 0.25) is 0 Å². The highest BCUT2D eigenvalue weighted by molar-refractivity contribution is 6.15.